The lowest BCUT2D eigenvalue weighted by atomic mass is 10.0. The molecule has 1 heterocycles. The van der Waals surface area contributed by atoms with E-state index in [1.165, 1.54) is 24.7 Å². The highest BCUT2D eigenvalue weighted by atomic mass is 19.4. The number of rotatable bonds is 3. The van der Waals surface area contributed by atoms with E-state index in [1.54, 1.807) is 6.07 Å². The minimum absolute atomic E-state index is 0.277. The quantitative estimate of drug-likeness (QED) is 0.911. The second-order valence-corrected chi connectivity index (χ2v) is 4.06. The minimum atomic E-state index is -4.30. The van der Waals surface area contributed by atoms with Gasteiger partial charge in [0.05, 0.1) is 18.1 Å². The van der Waals surface area contributed by atoms with Crippen molar-refractivity contribution in [2.45, 2.75) is 18.6 Å². The van der Waals surface area contributed by atoms with Crippen molar-refractivity contribution in [2.75, 3.05) is 0 Å². The highest BCUT2D eigenvalue weighted by Gasteiger charge is 2.29. The number of benzene rings is 1. The molecule has 2 aromatic rings. The number of furan rings is 1. The van der Waals surface area contributed by atoms with Gasteiger partial charge in [-0.1, -0.05) is 12.1 Å². The monoisotopic (exact) mass is 255 g/mol. The van der Waals surface area contributed by atoms with Crippen LogP contribution in [-0.4, -0.2) is 0 Å². The van der Waals surface area contributed by atoms with Gasteiger partial charge in [-0.2, -0.15) is 13.2 Å². The molecule has 2 N–H and O–H groups in total. The maximum atomic E-state index is 12.4. The molecule has 18 heavy (non-hydrogen) atoms. The zero-order valence-corrected chi connectivity index (χ0v) is 9.45. The Kier molecular flexibility index (Phi) is 3.43. The SMILES string of the molecule is NC(Cc1ccc(C(F)(F)F)cc1)c1ccoc1. The topological polar surface area (TPSA) is 39.2 Å². The van der Waals surface area contributed by atoms with Gasteiger partial charge in [0.15, 0.2) is 0 Å². The first kappa shape index (κ1) is 12.7. The maximum Gasteiger partial charge on any atom is 0.416 e. The summed E-state index contributed by atoms with van der Waals surface area (Å²) in [5, 5.41) is 0. The molecule has 0 fully saturated rings. The lowest BCUT2D eigenvalue weighted by molar-refractivity contribution is -0.137. The fraction of sp³-hybridized carbons (Fsp3) is 0.231. The Morgan fingerprint density at radius 2 is 1.78 bits per heavy atom. The van der Waals surface area contributed by atoms with Crippen LogP contribution in [0.15, 0.2) is 47.3 Å². The highest BCUT2D eigenvalue weighted by Crippen LogP contribution is 2.29. The Bertz CT molecular complexity index is 488. The van der Waals surface area contributed by atoms with Crippen LogP contribution in [0.4, 0.5) is 13.2 Å². The van der Waals surface area contributed by atoms with Crippen molar-refractivity contribution in [1.29, 1.82) is 0 Å². The first-order valence-electron chi connectivity index (χ1n) is 5.40. The second-order valence-electron chi connectivity index (χ2n) is 4.06. The summed E-state index contributed by atoms with van der Waals surface area (Å²) in [5.41, 5.74) is 6.85. The van der Waals surface area contributed by atoms with Crippen molar-refractivity contribution in [3.8, 4) is 0 Å². The molecule has 1 aromatic heterocycles. The highest BCUT2D eigenvalue weighted by molar-refractivity contribution is 5.26. The Labute approximate surface area is 102 Å². The van der Waals surface area contributed by atoms with Crippen LogP contribution in [0.2, 0.25) is 0 Å². The van der Waals surface area contributed by atoms with Gasteiger partial charge in [-0.15, -0.1) is 0 Å². The predicted octanol–water partition coefficient (Wildman–Crippen LogP) is 3.54. The molecule has 0 bridgehead atoms. The lowest BCUT2D eigenvalue weighted by Crippen LogP contribution is -2.12. The van der Waals surface area contributed by atoms with E-state index in [0.29, 0.717) is 6.42 Å². The minimum Gasteiger partial charge on any atom is -0.472 e. The smallest absolute Gasteiger partial charge is 0.416 e. The van der Waals surface area contributed by atoms with Crippen LogP contribution in [-0.2, 0) is 12.6 Å². The van der Waals surface area contributed by atoms with Crippen LogP contribution < -0.4 is 5.73 Å². The van der Waals surface area contributed by atoms with Crippen LogP contribution in [0.5, 0.6) is 0 Å². The van der Waals surface area contributed by atoms with Gasteiger partial charge >= 0.3 is 6.18 Å². The average Bonchev–Trinajstić information content (AvgIpc) is 2.82. The summed E-state index contributed by atoms with van der Waals surface area (Å²) in [6, 6.07) is 6.50. The molecule has 0 aliphatic rings. The molecular weight excluding hydrogens is 243 g/mol. The predicted molar refractivity (Wildman–Crippen MR) is 60.8 cm³/mol. The van der Waals surface area contributed by atoms with Gasteiger partial charge in [0.2, 0.25) is 0 Å². The number of hydrogen-bond donors (Lipinski definition) is 1. The van der Waals surface area contributed by atoms with E-state index in [9.17, 15) is 13.2 Å². The molecule has 0 aliphatic carbocycles. The summed E-state index contributed by atoms with van der Waals surface area (Å²) in [6.07, 6.45) is -0.778. The van der Waals surface area contributed by atoms with Crippen molar-refractivity contribution in [1.82, 2.24) is 0 Å². The first-order valence-corrected chi connectivity index (χ1v) is 5.40. The van der Waals surface area contributed by atoms with Gasteiger partial charge in [0.25, 0.3) is 0 Å². The van der Waals surface area contributed by atoms with Crippen molar-refractivity contribution >= 4 is 0 Å². The summed E-state index contributed by atoms with van der Waals surface area (Å²) >= 11 is 0. The zero-order valence-electron chi connectivity index (χ0n) is 9.45. The first-order chi connectivity index (χ1) is 8.47. The van der Waals surface area contributed by atoms with Crippen LogP contribution in [0.3, 0.4) is 0 Å². The molecule has 2 rings (SSSR count). The molecule has 0 radical (unpaired) electrons. The Morgan fingerprint density at radius 3 is 2.28 bits per heavy atom. The molecule has 0 amide bonds. The normalized spacial score (nSPS) is 13.6. The third-order valence-corrected chi connectivity index (χ3v) is 2.71. The van der Waals surface area contributed by atoms with E-state index in [1.807, 2.05) is 0 Å². The average molecular weight is 255 g/mol. The van der Waals surface area contributed by atoms with Crippen molar-refractivity contribution in [3.63, 3.8) is 0 Å². The third kappa shape index (κ3) is 2.92. The van der Waals surface area contributed by atoms with Gasteiger partial charge in [0, 0.05) is 11.6 Å². The number of nitrogens with two attached hydrogens (primary N) is 1. The van der Waals surface area contributed by atoms with E-state index in [2.05, 4.69) is 0 Å². The standard InChI is InChI=1S/C13H12F3NO/c14-13(15,16)11-3-1-9(2-4-11)7-12(17)10-5-6-18-8-10/h1-6,8,12H,7,17H2. The largest absolute Gasteiger partial charge is 0.472 e. The molecule has 0 spiro atoms. The van der Waals surface area contributed by atoms with Gasteiger partial charge in [-0.05, 0) is 30.2 Å². The van der Waals surface area contributed by atoms with Gasteiger partial charge in [-0.3, -0.25) is 0 Å². The van der Waals surface area contributed by atoms with Crippen molar-refractivity contribution in [3.05, 3.63) is 59.5 Å². The van der Waals surface area contributed by atoms with Gasteiger partial charge in [0.1, 0.15) is 0 Å². The molecule has 2 nitrogen and oxygen atoms in total. The van der Waals surface area contributed by atoms with E-state index >= 15 is 0 Å². The maximum absolute atomic E-state index is 12.4. The van der Waals surface area contributed by atoms with E-state index < -0.39 is 11.7 Å². The molecule has 96 valence electrons. The number of alkyl halides is 3. The Balaban J connectivity index is 2.07. The molecule has 0 saturated carbocycles. The van der Waals surface area contributed by atoms with E-state index in [0.717, 1.165) is 23.3 Å². The number of hydrogen-bond acceptors (Lipinski definition) is 2. The molecule has 0 saturated heterocycles. The zero-order chi connectivity index (χ0) is 13.2. The molecule has 0 aliphatic heterocycles. The van der Waals surface area contributed by atoms with Gasteiger partial charge < -0.3 is 10.2 Å². The van der Waals surface area contributed by atoms with Gasteiger partial charge in [-0.25, -0.2) is 0 Å². The van der Waals surface area contributed by atoms with Crippen LogP contribution >= 0.6 is 0 Å². The summed E-state index contributed by atoms with van der Waals surface area (Å²) in [4.78, 5) is 0. The van der Waals surface area contributed by atoms with Crippen molar-refractivity contribution < 1.29 is 17.6 Å². The molecule has 1 unspecified atom stereocenters. The summed E-state index contributed by atoms with van der Waals surface area (Å²) in [7, 11) is 0. The fourth-order valence-electron chi connectivity index (χ4n) is 1.69. The molecule has 1 aromatic carbocycles. The van der Waals surface area contributed by atoms with Crippen LogP contribution in [0.25, 0.3) is 0 Å². The van der Waals surface area contributed by atoms with E-state index in [4.69, 9.17) is 10.2 Å². The summed E-state index contributed by atoms with van der Waals surface area (Å²) < 4.78 is 42.0. The second kappa shape index (κ2) is 4.86. The summed E-state index contributed by atoms with van der Waals surface area (Å²) in [5.74, 6) is 0. The third-order valence-electron chi connectivity index (χ3n) is 2.71. The summed E-state index contributed by atoms with van der Waals surface area (Å²) in [6.45, 7) is 0. The fourth-order valence-corrected chi connectivity index (χ4v) is 1.69. The molecule has 5 heteroatoms. The van der Waals surface area contributed by atoms with Crippen molar-refractivity contribution in [2.24, 2.45) is 5.73 Å². The van der Waals surface area contributed by atoms with Crippen LogP contribution in [0, 0.1) is 0 Å². The van der Waals surface area contributed by atoms with Crippen LogP contribution in [0.1, 0.15) is 22.7 Å². The lowest BCUT2D eigenvalue weighted by Gasteiger charge is -2.11. The number of halogens is 3. The van der Waals surface area contributed by atoms with E-state index in [-0.39, 0.29) is 6.04 Å². The molecule has 1 atom stereocenters. The Hall–Kier alpha value is -1.75. The molecular formula is C13H12F3NO. The Morgan fingerprint density at radius 1 is 1.11 bits per heavy atom.